The number of amides is 1. The predicted octanol–water partition coefficient (Wildman–Crippen LogP) is 0.972. The minimum atomic E-state index is -0.896. The van der Waals surface area contributed by atoms with Gasteiger partial charge < -0.3 is 10.0 Å². The number of rotatable bonds is 6. The third-order valence-corrected chi connectivity index (χ3v) is 3.07. The van der Waals surface area contributed by atoms with E-state index in [0.29, 0.717) is 12.8 Å². The Balaban J connectivity index is 2.45. The highest BCUT2D eigenvalue weighted by Crippen LogP contribution is 2.09. The molecule has 2 N–H and O–H groups in total. The van der Waals surface area contributed by atoms with Gasteiger partial charge in [0.05, 0.1) is 12.6 Å². The Bertz CT molecular complexity index is 428. The molecule has 1 atom stereocenters. The molecule has 18 heavy (non-hydrogen) atoms. The van der Waals surface area contributed by atoms with Gasteiger partial charge in [-0.05, 0) is 25.8 Å². The second kappa shape index (κ2) is 6.18. The molecule has 1 aromatic rings. The highest BCUT2D eigenvalue weighted by Gasteiger charge is 2.18. The average Bonchev–Trinajstić information content (AvgIpc) is 2.69. The zero-order valence-corrected chi connectivity index (χ0v) is 10.9. The quantitative estimate of drug-likeness (QED) is 0.791. The van der Waals surface area contributed by atoms with Crippen LogP contribution >= 0.6 is 0 Å². The van der Waals surface area contributed by atoms with Gasteiger partial charge in [-0.1, -0.05) is 0 Å². The van der Waals surface area contributed by atoms with Gasteiger partial charge in [0, 0.05) is 25.2 Å². The van der Waals surface area contributed by atoms with Crippen LogP contribution in [0.5, 0.6) is 0 Å². The van der Waals surface area contributed by atoms with Gasteiger partial charge in [0.25, 0.3) is 0 Å². The van der Waals surface area contributed by atoms with Crippen LogP contribution in [0.25, 0.3) is 0 Å². The minimum absolute atomic E-state index is 0.0347. The number of nitrogens with one attached hydrogen (secondary N) is 1. The van der Waals surface area contributed by atoms with Crippen LogP contribution < -0.4 is 0 Å². The Morgan fingerprint density at radius 3 is 2.72 bits per heavy atom. The van der Waals surface area contributed by atoms with Gasteiger partial charge in [-0.2, -0.15) is 5.10 Å². The number of aryl methyl sites for hydroxylation is 2. The summed E-state index contributed by atoms with van der Waals surface area (Å²) < 4.78 is 0. The lowest BCUT2D eigenvalue weighted by Crippen LogP contribution is -2.36. The number of hydrogen-bond acceptors (Lipinski definition) is 3. The first-order chi connectivity index (χ1) is 8.41. The number of H-pyrrole nitrogens is 1. The number of carbonyl (C=O) groups excluding carboxylic acids is 1. The summed E-state index contributed by atoms with van der Waals surface area (Å²) in [6, 6.07) is -0.291. The largest absolute Gasteiger partial charge is 0.481 e. The lowest BCUT2D eigenvalue weighted by atomic mass is 10.1. The summed E-state index contributed by atoms with van der Waals surface area (Å²) in [6.45, 7) is 3.64. The molecule has 0 spiro atoms. The Labute approximate surface area is 106 Å². The zero-order valence-electron chi connectivity index (χ0n) is 10.9. The van der Waals surface area contributed by atoms with Crippen LogP contribution in [0.2, 0.25) is 0 Å². The molecule has 1 aromatic heterocycles. The number of aromatic nitrogens is 2. The van der Waals surface area contributed by atoms with Crippen LogP contribution in [-0.2, 0) is 16.0 Å². The molecular weight excluding hydrogens is 234 g/mol. The summed E-state index contributed by atoms with van der Waals surface area (Å²) in [6.07, 6.45) is 2.66. The summed E-state index contributed by atoms with van der Waals surface area (Å²) in [4.78, 5) is 23.9. The number of carbonyl (C=O) groups is 2. The van der Waals surface area contributed by atoms with Gasteiger partial charge >= 0.3 is 5.97 Å². The van der Waals surface area contributed by atoms with E-state index in [0.717, 1.165) is 11.3 Å². The van der Waals surface area contributed by atoms with E-state index in [2.05, 4.69) is 10.2 Å². The van der Waals surface area contributed by atoms with Crippen molar-refractivity contribution < 1.29 is 14.7 Å². The van der Waals surface area contributed by atoms with E-state index in [4.69, 9.17) is 5.11 Å². The van der Waals surface area contributed by atoms with Crippen LogP contribution in [-0.4, -0.2) is 45.2 Å². The van der Waals surface area contributed by atoms with E-state index in [1.54, 1.807) is 20.2 Å². The second-order valence-electron chi connectivity index (χ2n) is 4.47. The maximum atomic E-state index is 11.9. The molecule has 0 aliphatic heterocycles. The molecule has 1 heterocycles. The smallest absolute Gasteiger partial charge is 0.305 e. The van der Waals surface area contributed by atoms with Crippen LogP contribution in [0.15, 0.2) is 6.20 Å². The normalized spacial score (nSPS) is 12.2. The molecule has 6 heteroatoms. The topological polar surface area (TPSA) is 86.3 Å². The van der Waals surface area contributed by atoms with Gasteiger partial charge in [-0.3, -0.25) is 14.7 Å². The molecule has 0 saturated carbocycles. The highest BCUT2D eigenvalue weighted by molar-refractivity contribution is 5.77. The van der Waals surface area contributed by atoms with Crippen molar-refractivity contribution in [2.75, 3.05) is 7.05 Å². The van der Waals surface area contributed by atoms with Gasteiger partial charge in [0.15, 0.2) is 0 Å². The fourth-order valence-corrected chi connectivity index (χ4v) is 1.68. The number of aliphatic carboxylic acids is 1. The Kier molecular flexibility index (Phi) is 4.88. The third-order valence-electron chi connectivity index (χ3n) is 3.07. The molecule has 0 radical (unpaired) electrons. The molecule has 6 nitrogen and oxygen atoms in total. The lowest BCUT2D eigenvalue weighted by Gasteiger charge is -2.23. The molecule has 0 fully saturated rings. The van der Waals surface area contributed by atoms with Crippen molar-refractivity contribution in [1.82, 2.24) is 15.1 Å². The van der Waals surface area contributed by atoms with Crippen molar-refractivity contribution in [3.63, 3.8) is 0 Å². The monoisotopic (exact) mass is 253 g/mol. The number of nitrogens with zero attached hydrogens (tertiary/aromatic N) is 2. The molecule has 100 valence electrons. The predicted molar refractivity (Wildman–Crippen MR) is 66.1 cm³/mol. The molecule has 1 amide bonds. The second-order valence-corrected chi connectivity index (χ2v) is 4.47. The first kappa shape index (κ1) is 14.2. The zero-order chi connectivity index (χ0) is 13.7. The molecule has 0 aliphatic rings. The first-order valence-corrected chi connectivity index (χ1v) is 5.88. The molecule has 0 bridgehead atoms. The number of hydrogen-bond donors (Lipinski definition) is 2. The number of aromatic amines is 1. The summed E-state index contributed by atoms with van der Waals surface area (Å²) in [7, 11) is 1.64. The minimum Gasteiger partial charge on any atom is -0.481 e. The number of carboxylic acid groups (broad SMARTS) is 1. The van der Waals surface area contributed by atoms with Crippen LogP contribution in [0.3, 0.4) is 0 Å². The van der Waals surface area contributed by atoms with E-state index in [1.807, 2.05) is 6.92 Å². The van der Waals surface area contributed by atoms with Gasteiger partial charge in [0.2, 0.25) is 5.91 Å². The van der Waals surface area contributed by atoms with E-state index in [9.17, 15) is 9.59 Å². The average molecular weight is 253 g/mol. The van der Waals surface area contributed by atoms with Crippen molar-refractivity contribution in [2.24, 2.45) is 0 Å². The standard InChI is InChI=1S/C12H19N3O3/c1-8(6-12(17)18)15(3)11(16)5-4-10-7-13-14-9(10)2/h7-8H,4-6H2,1-3H3,(H,13,14)(H,17,18). The SMILES string of the molecule is Cc1[nH]ncc1CCC(=O)N(C)C(C)CC(=O)O. The lowest BCUT2D eigenvalue weighted by molar-refractivity contribution is -0.139. The van der Waals surface area contributed by atoms with E-state index in [-0.39, 0.29) is 18.4 Å². The van der Waals surface area contributed by atoms with E-state index < -0.39 is 5.97 Å². The molecular formula is C12H19N3O3. The molecule has 1 unspecified atom stereocenters. The van der Waals surface area contributed by atoms with Crippen molar-refractivity contribution in [3.8, 4) is 0 Å². The summed E-state index contributed by atoms with van der Waals surface area (Å²) in [5.41, 5.74) is 1.98. The van der Waals surface area contributed by atoms with Crippen LogP contribution in [0.1, 0.15) is 31.0 Å². The Morgan fingerprint density at radius 1 is 1.56 bits per heavy atom. The maximum absolute atomic E-state index is 11.9. The van der Waals surface area contributed by atoms with Gasteiger partial charge in [-0.15, -0.1) is 0 Å². The summed E-state index contributed by atoms with van der Waals surface area (Å²) >= 11 is 0. The molecule has 1 rings (SSSR count). The fourth-order valence-electron chi connectivity index (χ4n) is 1.68. The first-order valence-electron chi connectivity index (χ1n) is 5.88. The Hall–Kier alpha value is -1.85. The van der Waals surface area contributed by atoms with Gasteiger partial charge in [-0.25, -0.2) is 0 Å². The molecule has 0 aliphatic carbocycles. The van der Waals surface area contributed by atoms with E-state index >= 15 is 0 Å². The summed E-state index contributed by atoms with van der Waals surface area (Å²) in [5, 5.41) is 15.4. The Morgan fingerprint density at radius 2 is 2.22 bits per heavy atom. The van der Waals surface area contributed by atoms with E-state index in [1.165, 1.54) is 4.90 Å². The van der Waals surface area contributed by atoms with Crippen molar-refractivity contribution in [3.05, 3.63) is 17.5 Å². The van der Waals surface area contributed by atoms with Crippen LogP contribution in [0.4, 0.5) is 0 Å². The van der Waals surface area contributed by atoms with Gasteiger partial charge in [0.1, 0.15) is 0 Å². The van der Waals surface area contributed by atoms with Crippen LogP contribution in [0, 0.1) is 6.92 Å². The summed E-state index contributed by atoms with van der Waals surface area (Å²) in [5.74, 6) is -0.947. The van der Waals surface area contributed by atoms with Crippen molar-refractivity contribution in [2.45, 2.75) is 39.2 Å². The fraction of sp³-hybridized carbons (Fsp3) is 0.583. The highest BCUT2D eigenvalue weighted by atomic mass is 16.4. The molecule has 0 saturated heterocycles. The number of carboxylic acids is 1. The van der Waals surface area contributed by atoms with Crippen molar-refractivity contribution in [1.29, 1.82) is 0 Å². The maximum Gasteiger partial charge on any atom is 0.305 e. The third kappa shape index (κ3) is 3.87. The van der Waals surface area contributed by atoms with Crippen molar-refractivity contribution >= 4 is 11.9 Å². The molecule has 0 aromatic carbocycles.